The summed E-state index contributed by atoms with van der Waals surface area (Å²) in [6, 6.07) is 12.2. The van der Waals surface area contributed by atoms with E-state index in [-0.39, 0.29) is 38.4 Å². The molecule has 1 N–H and O–H groups in total. The fourth-order valence-electron chi connectivity index (χ4n) is 3.84. The number of carbonyl (C=O) groups is 2. The van der Waals surface area contributed by atoms with Gasteiger partial charge in [0, 0.05) is 13.1 Å². The lowest BCUT2D eigenvalue weighted by atomic mass is 9.99. The van der Waals surface area contributed by atoms with E-state index in [1.807, 2.05) is 12.1 Å². The van der Waals surface area contributed by atoms with E-state index in [2.05, 4.69) is 13.8 Å². The molecule has 0 aromatic heterocycles. The summed E-state index contributed by atoms with van der Waals surface area (Å²) in [6.07, 6.45) is -2.42. The lowest BCUT2D eigenvalue weighted by Crippen LogP contribution is -2.55. The molecule has 1 aliphatic rings. The average molecular weight is 461 g/mol. The molecular weight excluding hydrogens is 430 g/mol. The minimum absolute atomic E-state index is 0.0670. The van der Waals surface area contributed by atoms with E-state index in [1.54, 1.807) is 24.3 Å². The van der Waals surface area contributed by atoms with Crippen LogP contribution in [0.15, 0.2) is 48.5 Å². The first kappa shape index (κ1) is 24.5. The standard InChI is InChI=1S/C25H30F2N2O4/c1-17(2)16-33-21-9-5-18(6-10-21)13-24(30)29(14-19-3-7-20(26)8-4-19)23-11-12-28(25(31)32)15-22(23)27/h3-10,17,22-23H,11-16H2,1-2H3,(H,31,32)/t22-,23+/m1/s1. The number of piperidine rings is 1. The third-order valence-electron chi connectivity index (χ3n) is 5.63. The van der Waals surface area contributed by atoms with Gasteiger partial charge < -0.3 is 19.6 Å². The minimum atomic E-state index is -1.51. The summed E-state index contributed by atoms with van der Waals surface area (Å²) in [7, 11) is 0. The highest BCUT2D eigenvalue weighted by Crippen LogP contribution is 2.24. The van der Waals surface area contributed by atoms with Crippen LogP contribution in [0.4, 0.5) is 13.6 Å². The van der Waals surface area contributed by atoms with Crippen molar-refractivity contribution < 1.29 is 28.2 Å². The van der Waals surface area contributed by atoms with Gasteiger partial charge in [0.05, 0.1) is 25.6 Å². The number of carboxylic acid groups (broad SMARTS) is 1. The molecule has 1 fully saturated rings. The zero-order chi connectivity index (χ0) is 24.0. The summed E-state index contributed by atoms with van der Waals surface area (Å²) in [6.45, 7) is 4.69. The number of alkyl halides is 1. The zero-order valence-electron chi connectivity index (χ0n) is 18.9. The van der Waals surface area contributed by atoms with Crippen molar-refractivity contribution in [3.05, 3.63) is 65.5 Å². The third kappa shape index (κ3) is 6.91. The van der Waals surface area contributed by atoms with Gasteiger partial charge in [-0.05, 0) is 47.7 Å². The van der Waals surface area contributed by atoms with Crippen LogP contribution in [0.5, 0.6) is 5.75 Å². The number of likely N-dealkylation sites (tertiary alicyclic amines) is 1. The molecule has 2 aromatic carbocycles. The number of ether oxygens (including phenoxy) is 1. The van der Waals surface area contributed by atoms with E-state index in [9.17, 15) is 14.0 Å². The van der Waals surface area contributed by atoms with Crippen LogP contribution in [0.3, 0.4) is 0 Å². The van der Waals surface area contributed by atoms with Gasteiger partial charge in [-0.1, -0.05) is 38.1 Å². The molecule has 0 unspecified atom stereocenters. The van der Waals surface area contributed by atoms with Crippen LogP contribution >= 0.6 is 0 Å². The molecule has 33 heavy (non-hydrogen) atoms. The van der Waals surface area contributed by atoms with E-state index >= 15 is 4.39 Å². The molecule has 8 heteroatoms. The minimum Gasteiger partial charge on any atom is -0.493 e. The number of nitrogens with zero attached hydrogens (tertiary/aromatic N) is 2. The van der Waals surface area contributed by atoms with Crippen LogP contribution in [-0.4, -0.2) is 58.8 Å². The highest BCUT2D eigenvalue weighted by molar-refractivity contribution is 5.79. The number of carbonyl (C=O) groups excluding carboxylic acids is 1. The lowest BCUT2D eigenvalue weighted by Gasteiger charge is -2.40. The Morgan fingerprint density at radius 3 is 2.33 bits per heavy atom. The van der Waals surface area contributed by atoms with Crippen LogP contribution < -0.4 is 4.74 Å². The molecule has 178 valence electrons. The predicted molar refractivity (Wildman–Crippen MR) is 120 cm³/mol. The highest BCUT2D eigenvalue weighted by Gasteiger charge is 2.37. The molecule has 1 aliphatic heterocycles. The second kappa shape index (κ2) is 11.1. The Hall–Kier alpha value is -3.16. The molecule has 2 aromatic rings. The van der Waals surface area contributed by atoms with Crippen LogP contribution in [0.2, 0.25) is 0 Å². The van der Waals surface area contributed by atoms with Crippen LogP contribution in [0, 0.1) is 11.7 Å². The first-order chi connectivity index (χ1) is 15.7. The Morgan fingerprint density at radius 2 is 1.76 bits per heavy atom. The maximum Gasteiger partial charge on any atom is 0.407 e. The van der Waals surface area contributed by atoms with E-state index in [1.165, 1.54) is 17.0 Å². The van der Waals surface area contributed by atoms with Crippen LogP contribution in [-0.2, 0) is 17.8 Å². The van der Waals surface area contributed by atoms with Gasteiger partial charge >= 0.3 is 6.09 Å². The second-order valence-corrected chi connectivity index (χ2v) is 8.77. The molecular formula is C25H30F2N2O4. The van der Waals surface area contributed by atoms with Gasteiger partial charge in [-0.3, -0.25) is 4.79 Å². The number of hydrogen-bond donors (Lipinski definition) is 1. The number of amides is 2. The molecule has 2 atom stereocenters. The van der Waals surface area contributed by atoms with Crippen molar-refractivity contribution in [1.82, 2.24) is 9.80 Å². The van der Waals surface area contributed by atoms with Gasteiger partial charge in [0.1, 0.15) is 17.7 Å². The summed E-state index contributed by atoms with van der Waals surface area (Å²) in [5.74, 6) is 0.446. The van der Waals surface area contributed by atoms with Crippen molar-refractivity contribution in [2.45, 2.75) is 45.4 Å². The Balaban J connectivity index is 1.74. The maximum atomic E-state index is 15.0. The molecule has 6 nitrogen and oxygen atoms in total. The van der Waals surface area contributed by atoms with Gasteiger partial charge in [-0.25, -0.2) is 13.6 Å². The fourth-order valence-corrected chi connectivity index (χ4v) is 3.84. The Morgan fingerprint density at radius 1 is 1.12 bits per heavy atom. The number of rotatable bonds is 8. The van der Waals surface area contributed by atoms with Gasteiger partial charge in [0.25, 0.3) is 0 Å². The normalized spacial score (nSPS) is 18.3. The third-order valence-corrected chi connectivity index (χ3v) is 5.63. The topological polar surface area (TPSA) is 70.1 Å². The van der Waals surface area contributed by atoms with Crippen molar-refractivity contribution in [2.75, 3.05) is 19.7 Å². The van der Waals surface area contributed by atoms with E-state index in [0.29, 0.717) is 23.8 Å². The van der Waals surface area contributed by atoms with Crippen molar-refractivity contribution in [2.24, 2.45) is 5.92 Å². The monoisotopic (exact) mass is 460 g/mol. The molecule has 0 bridgehead atoms. The average Bonchev–Trinajstić information content (AvgIpc) is 2.78. The summed E-state index contributed by atoms with van der Waals surface area (Å²) in [4.78, 5) is 27.0. The van der Waals surface area contributed by atoms with Crippen molar-refractivity contribution in [3.63, 3.8) is 0 Å². The lowest BCUT2D eigenvalue weighted by molar-refractivity contribution is -0.136. The Labute approximate surface area is 192 Å². The Kier molecular flexibility index (Phi) is 8.25. The van der Waals surface area contributed by atoms with E-state index in [4.69, 9.17) is 9.84 Å². The fraction of sp³-hybridized carbons (Fsp3) is 0.440. The quantitative estimate of drug-likeness (QED) is 0.629. The molecule has 0 radical (unpaired) electrons. The SMILES string of the molecule is CC(C)COc1ccc(CC(=O)N(Cc2ccc(F)cc2)[C@H]2CCN(C(=O)O)C[C@H]2F)cc1. The number of halogens is 2. The molecule has 0 saturated carbocycles. The first-order valence-corrected chi connectivity index (χ1v) is 11.1. The van der Waals surface area contributed by atoms with Crippen LogP contribution in [0.1, 0.15) is 31.4 Å². The molecule has 2 amide bonds. The highest BCUT2D eigenvalue weighted by atomic mass is 19.1. The van der Waals surface area contributed by atoms with E-state index < -0.39 is 24.1 Å². The summed E-state index contributed by atoms with van der Waals surface area (Å²) < 4.78 is 34.0. The van der Waals surface area contributed by atoms with Gasteiger partial charge in [0.15, 0.2) is 0 Å². The van der Waals surface area contributed by atoms with Gasteiger partial charge in [-0.2, -0.15) is 0 Å². The smallest absolute Gasteiger partial charge is 0.407 e. The summed E-state index contributed by atoms with van der Waals surface area (Å²) in [5.41, 5.74) is 1.44. The van der Waals surface area contributed by atoms with Crippen molar-refractivity contribution in [1.29, 1.82) is 0 Å². The number of hydrogen-bond acceptors (Lipinski definition) is 3. The Bertz CT molecular complexity index is 934. The maximum absolute atomic E-state index is 15.0. The largest absolute Gasteiger partial charge is 0.493 e. The van der Waals surface area contributed by atoms with Crippen molar-refractivity contribution in [3.8, 4) is 5.75 Å². The van der Waals surface area contributed by atoms with Gasteiger partial charge in [-0.15, -0.1) is 0 Å². The molecule has 3 rings (SSSR count). The van der Waals surface area contributed by atoms with Gasteiger partial charge in [0.2, 0.25) is 5.91 Å². The van der Waals surface area contributed by atoms with Crippen LogP contribution in [0.25, 0.3) is 0 Å². The second-order valence-electron chi connectivity index (χ2n) is 8.77. The summed E-state index contributed by atoms with van der Waals surface area (Å²) in [5, 5.41) is 9.17. The van der Waals surface area contributed by atoms with Crippen molar-refractivity contribution >= 4 is 12.0 Å². The van der Waals surface area contributed by atoms with E-state index in [0.717, 1.165) is 10.5 Å². The molecule has 0 aliphatic carbocycles. The summed E-state index contributed by atoms with van der Waals surface area (Å²) >= 11 is 0. The molecule has 1 saturated heterocycles. The first-order valence-electron chi connectivity index (χ1n) is 11.1. The molecule has 0 spiro atoms. The zero-order valence-corrected chi connectivity index (χ0v) is 18.9. The number of benzene rings is 2. The molecule has 1 heterocycles. The predicted octanol–water partition coefficient (Wildman–Crippen LogP) is 4.52.